The maximum atomic E-state index is 14.8. The highest BCUT2D eigenvalue weighted by molar-refractivity contribution is 6.12. The van der Waals surface area contributed by atoms with Crippen molar-refractivity contribution in [3.8, 4) is 0 Å². The standard InChI is InChI=1S/C59H89N7O11.C2HF3O2/c1-14-40(6)54(47(75-11)37-51(70)65-34-21-24-46(65)55(76-12)41(7)56(71)60-45(59(74)77-13)36-43-22-17-15-18-23-43)64(10)58(73)52(38(2)3)61-57(72)53(39(4)5)62(8)35-32-42-26-28-44(29-27-42)63(9)48(67)25-19-16-20-33-66-49(68)30-31-50(66)69;3-2(4,5)1(6)7/h15,17-18,22-23,26-31,38-41,45-47,52-55H,14,16,19-21,24-25,32-37H2,1-13H3,(H,60,71)(H,61,72);(H,6,7)/t40-,41+,45-,46-,47+,52-,53-,54-,55+;/m0./s1. The van der Waals surface area contributed by atoms with E-state index < -0.39 is 72.4 Å². The van der Waals surface area contributed by atoms with Crippen LogP contribution in [0.25, 0.3) is 0 Å². The molecule has 9 atom stereocenters. The van der Waals surface area contributed by atoms with E-state index in [1.54, 1.807) is 42.8 Å². The number of hydrogen-bond acceptors (Lipinski definition) is 13. The average molecular weight is 1190 g/mol. The fraction of sp³-hybridized carbons (Fsp3) is 0.623. The number of carboxylic acid groups (broad SMARTS) is 1. The number of alkyl halides is 3. The molecule has 4 rings (SSSR count). The van der Waals surface area contributed by atoms with Crippen LogP contribution in [0.4, 0.5) is 18.9 Å². The molecule has 2 aliphatic rings. The summed E-state index contributed by atoms with van der Waals surface area (Å²) in [6.07, 6.45) is 1.24. The van der Waals surface area contributed by atoms with Crippen LogP contribution in [0.5, 0.6) is 0 Å². The molecule has 0 radical (unpaired) electrons. The van der Waals surface area contributed by atoms with Gasteiger partial charge in [-0.1, -0.05) is 104 Å². The van der Waals surface area contributed by atoms with Crippen LogP contribution < -0.4 is 15.5 Å². The van der Waals surface area contributed by atoms with Gasteiger partial charge in [0, 0.05) is 78.6 Å². The molecular weight excluding hydrogens is 1100 g/mol. The molecule has 7 amide bonds. The van der Waals surface area contributed by atoms with E-state index in [9.17, 15) is 51.5 Å². The Morgan fingerprint density at radius 1 is 0.786 bits per heavy atom. The summed E-state index contributed by atoms with van der Waals surface area (Å²) in [4.78, 5) is 124. The Morgan fingerprint density at radius 2 is 1.39 bits per heavy atom. The molecular formula is C61H90F3N7O13. The van der Waals surface area contributed by atoms with E-state index in [-0.39, 0.29) is 66.0 Å². The molecule has 0 bridgehead atoms. The van der Waals surface area contributed by atoms with E-state index in [0.29, 0.717) is 71.0 Å². The molecule has 84 heavy (non-hydrogen) atoms. The number of carboxylic acids is 1. The number of rotatable bonds is 31. The van der Waals surface area contributed by atoms with Crippen LogP contribution in [0.15, 0.2) is 66.7 Å². The molecule has 20 nitrogen and oxygen atoms in total. The van der Waals surface area contributed by atoms with E-state index in [1.165, 1.54) is 31.3 Å². The number of carbonyl (C=O) groups excluding carboxylic acids is 8. The average Bonchev–Trinajstić information content (AvgIpc) is 2.95. The lowest BCUT2D eigenvalue weighted by Crippen LogP contribution is -2.60. The molecule has 0 unspecified atom stereocenters. The van der Waals surface area contributed by atoms with Crippen LogP contribution >= 0.6 is 0 Å². The number of halogens is 3. The second-order valence-corrected chi connectivity index (χ2v) is 22.4. The molecule has 2 aromatic rings. The number of methoxy groups -OCH3 is 3. The molecule has 3 N–H and O–H groups in total. The van der Waals surface area contributed by atoms with Crippen molar-refractivity contribution in [3.63, 3.8) is 0 Å². The van der Waals surface area contributed by atoms with E-state index in [1.807, 2.05) is 108 Å². The summed E-state index contributed by atoms with van der Waals surface area (Å²) in [6, 6.07) is 13.8. The summed E-state index contributed by atoms with van der Waals surface area (Å²) < 4.78 is 48.9. The van der Waals surface area contributed by atoms with Crippen LogP contribution in [-0.2, 0) is 70.2 Å². The normalized spacial score (nSPS) is 17.2. The number of carbonyl (C=O) groups is 9. The van der Waals surface area contributed by atoms with Gasteiger partial charge in [0.15, 0.2) is 0 Å². The van der Waals surface area contributed by atoms with E-state index in [0.717, 1.165) is 16.8 Å². The first kappa shape index (κ1) is 71.5. The Kier molecular flexibility index (Phi) is 29.2. The largest absolute Gasteiger partial charge is 0.490 e. The number of hydrogen-bond donors (Lipinski definition) is 3. The van der Waals surface area contributed by atoms with Crippen molar-refractivity contribution in [1.29, 1.82) is 0 Å². The number of imide groups is 1. The molecule has 0 aromatic heterocycles. The predicted octanol–water partition coefficient (Wildman–Crippen LogP) is 6.23. The van der Waals surface area contributed by atoms with E-state index in [2.05, 4.69) is 10.6 Å². The number of esters is 1. The number of nitrogens with one attached hydrogen (secondary N) is 2. The zero-order valence-electron chi connectivity index (χ0n) is 51.1. The van der Waals surface area contributed by atoms with Gasteiger partial charge in [-0.2, -0.15) is 13.2 Å². The lowest BCUT2D eigenvalue weighted by atomic mass is 9.89. The van der Waals surface area contributed by atoms with Gasteiger partial charge in [-0.25, -0.2) is 9.59 Å². The van der Waals surface area contributed by atoms with Gasteiger partial charge in [-0.15, -0.1) is 0 Å². The zero-order chi connectivity index (χ0) is 63.2. The molecule has 1 fully saturated rings. The van der Waals surface area contributed by atoms with Crippen molar-refractivity contribution < 1.29 is 75.6 Å². The van der Waals surface area contributed by atoms with Crippen molar-refractivity contribution in [2.45, 2.75) is 161 Å². The van der Waals surface area contributed by atoms with Gasteiger partial charge >= 0.3 is 18.1 Å². The first-order chi connectivity index (χ1) is 39.5. The second kappa shape index (κ2) is 34.3. The monoisotopic (exact) mass is 1190 g/mol. The minimum absolute atomic E-state index is 0.0289. The topological polar surface area (TPSA) is 242 Å². The number of likely N-dealkylation sites (tertiary alicyclic amines) is 1. The first-order valence-electron chi connectivity index (χ1n) is 28.8. The zero-order valence-corrected chi connectivity index (χ0v) is 51.1. The van der Waals surface area contributed by atoms with Crippen LogP contribution in [0.2, 0.25) is 0 Å². The van der Waals surface area contributed by atoms with Crippen LogP contribution in [-0.4, -0.2) is 189 Å². The summed E-state index contributed by atoms with van der Waals surface area (Å²) in [6.45, 7) is 14.9. The minimum atomic E-state index is -5.08. The summed E-state index contributed by atoms with van der Waals surface area (Å²) >= 11 is 0. The fourth-order valence-corrected chi connectivity index (χ4v) is 10.8. The highest BCUT2D eigenvalue weighted by Crippen LogP contribution is 2.30. The quantitative estimate of drug-likeness (QED) is 0.0431. The molecule has 0 saturated carbocycles. The van der Waals surface area contributed by atoms with Gasteiger partial charge in [0.05, 0.1) is 49.8 Å². The number of ether oxygens (including phenoxy) is 3. The fourth-order valence-electron chi connectivity index (χ4n) is 10.8. The molecule has 23 heteroatoms. The summed E-state index contributed by atoms with van der Waals surface area (Å²) in [5, 5.41) is 13.1. The third-order valence-electron chi connectivity index (χ3n) is 15.8. The third-order valence-corrected chi connectivity index (χ3v) is 15.8. The van der Waals surface area contributed by atoms with Gasteiger partial charge in [0.2, 0.25) is 29.5 Å². The SMILES string of the molecule is CC[C@H](C)[C@@H]([C@@H](CC(=O)N1CCC[C@H]1[C@H](OC)[C@@H](C)C(=O)N[C@@H](Cc1ccccc1)C(=O)OC)OC)N(C)C(=O)[C@@H](NC(=O)[C@H](C(C)C)N(C)CCc1ccc(N(C)C(=O)CCCCCN2C(=O)C=CC2=O)cc1)C(C)C.O=C(O)C(F)(F)F. The Labute approximate surface area is 493 Å². The van der Waals surface area contributed by atoms with Crippen LogP contribution in [0, 0.1) is 23.7 Å². The number of likely N-dealkylation sites (N-methyl/N-ethyl adjacent to an activating group) is 2. The highest BCUT2D eigenvalue weighted by Gasteiger charge is 2.44. The Morgan fingerprint density at radius 3 is 1.92 bits per heavy atom. The van der Waals surface area contributed by atoms with Gasteiger partial charge in [0.25, 0.3) is 11.8 Å². The van der Waals surface area contributed by atoms with Gasteiger partial charge in [0.1, 0.15) is 12.1 Å². The van der Waals surface area contributed by atoms with Crippen molar-refractivity contribution in [3.05, 3.63) is 77.9 Å². The number of amides is 7. The van der Waals surface area contributed by atoms with Gasteiger partial charge < -0.3 is 44.7 Å². The van der Waals surface area contributed by atoms with E-state index >= 15 is 0 Å². The first-order valence-corrected chi connectivity index (χ1v) is 28.8. The molecule has 1 saturated heterocycles. The van der Waals surface area contributed by atoms with E-state index in [4.69, 9.17) is 24.1 Å². The predicted molar refractivity (Wildman–Crippen MR) is 310 cm³/mol. The van der Waals surface area contributed by atoms with Gasteiger partial charge in [-0.05, 0) is 80.2 Å². The molecule has 2 aliphatic heterocycles. The lowest BCUT2D eigenvalue weighted by molar-refractivity contribution is -0.192. The highest BCUT2D eigenvalue weighted by atomic mass is 19.4. The molecule has 0 aliphatic carbocycles. The summed E-state index contributed by atoms with van der Waals surface area (Å²) in [5.41, 5.74) is 2.65. The van der Waals surface area contributed by atoms with Crippen molar-refractivity contribution >= 4 is 59.0 Å². The summed E-state index contributed by atoms with van der Waals surface area (Å²) in [5.74, 6) is -6.29. The second-order valence-electron chi connectivity index (χ2n) is 22.4. The molecule has 468 valence electrons. The number of benzene rings is 2. The lowest BCUT2D eigenvalue weighted by Gasteiger charge is -2.41. The molecule has 2 aromatic carbocycles. The number of anilines is 1. The number of unbranched alkanes of at least 4 members (excludes halogenated alkanes) is 2. The maximum absolute atomic E-state index is 14.8. The minimum Gasteiger partial charge on any atom is -0.475 e. The van der Waals surface area contributed by atoms with Crippen LogP contribution in [0.1, 0.15) is 111 Å². The van der Waals surface area contributed by atoms with Crippen molar-refractivity contribution in [2.75, 3.05) is 67.0 Å². The third kappa shape index (κ3) is 20.8. The number of nitrogens with zero attached hydrogens (tertiary/aromatic N) is 5. The number of aliphatic carboxylic acids is 1. The Bertz CT molecular complexity index is 2510. The molecule has 2 heterocycles. The summed E-state index contributed by atoms with van der Waals surface area (Å²) in [7, 11) is 9.71. The Hall–Kier alpha value is -6.72. The Balaban J connectivity index is 0.00000247. The maximum Gasteiger partial charge on any atom is 0.490 e. The van der Waals surface area contributed by atoms with Crippen LogP contribution in [0.3, 0.4) is 0 Å². The van der Waals surface area contributed by atoms with Gasteiger partial charge in [-0.3, -0.25) is 43.4 Å². The van der Waals surface area contributed by atoms with Crippen molar-refractivity contribution in [1.82, 2.24) is 30.2 Å². The van der Waals surface area contributed by atoms with Crippen molar-refractivity contribution in [2.24, 2.45) is 23.7 Å². The smallest absolute Gasteiger partial charge is 0.475 e. The molecule has 0 spiro atoms.